The molecule has 0 aromatic heterocycles. The molecule has 1 N–H and O–H groups in total. The fourth-order valence-corrected chi connectivity index (χ4v) is 1.72. The Labute approximate surface area is 121 Å². The smallest absolute Gasteiger partial charge is 0.146 e. The van der Waals surface area contributed by atoms with Gasteiger partial charge in [0.25, 0.3) is 0 Å². The van der Waals surface area contributed by atoms with Gasteiger partial charge in [-0.3, -0.25) is 0 Å². The summed E-state index contributed by atoms with van der Waals surface area (Å²) in [6, 6.07) is 4.77. The lowest BCUT2D eigenvalue weighted by Crippen LogP contribution is -2.14. The molecule has 0 spiro atoms. The Hall–Kier alpha value is -0.690. The minimum Gasteiger partial charge on any atom is -0.382 e. The van der Waals surface area contributed by atoms with Crippen LogP contribution in [0.3, 0.4) is 0 Å². The monoisotopic (exact) mass is 335 g/mol. The van der Waals surface area contributed by atoms with E-state index in [4.69, 9.17) is 14.2 Å². The van der Waals surface area contributed by atoms with E-state index in [-0.39, 0.29) is 5.82 Å². The maximum atomic E-state index is 13.4. The van der Waals surface area contributed by atoms with E-state index in [1.807, 2.05) is 0 Å². The second kappa shape index (κ2) is 10.1. The van der Waals surface area contributed by atoms with Crippen LogP contribution in [0.25, 0.3) is 0 Å². The molecule has 0 unspecified atom stereocenters. The molecule has 0 aliphatic rings. The number of ether oxygens (including phenoxy) is 3. The third kappa shape index (κ3) is 7.47. The summed E-state index contributed by atoms with van der Waals surface area (Å²) in [4.78, 5) is 0. The number of methoxy groups -OCH3 is 1. The predicted octanol–water partition coefficient (Wildman–Crippen LogP) is 2.68. The fourth-order valence-electron chi connectivity index (χ4n) is 1.36. The van der Waals surface area contributed by atoms with Gasteiger partial charge in [0.1, 0.15) is 5.82 Å². The van der Waals surface area contributed by atoms with Crippen molar-refractivity contribution in [2.75, 3.05) is 52.0 Å². The Morgan fingerprint density at radius 2 is 1.79 bits per heavy atom. The first-order valence-electron chi connectivity index (χ1n) is 6.07. The molecule has 0 atom stereocenters. The van der Waals surface area contributed by atoms with Crippen LogP contribution in [0.5, 0.6) is 0 Å². The zero-order chi connectivity index (χ0) is 13.9. The van der Waals surface area contributed by atoms with Gasteiger partial charge in [-0.1, -0.05) is 15.9 Å². The lowest BCUT2D eigenvalue weighted by atomic mass is 10.3. The summed E-state index contributed by atoms with van der Waals surface area (Å²) in [6.45, 7) is 3.26. The Bertz CT molecular complexity index is 366. The predicted molar refractivity (Wildman–Crippen MR) is 76.1 cm³/mol. The first kappa shape index (κ1) is 16.4. The van der Waals surface area contributed by atoms with Crippen molar-refractivity contribution in [3.8, 4) is 0 Å². The van der Waals surface area contributed by atoms with Crippen molar-refractivity contribution in [1.82, 2.24) is 0 Å². The lowest BCUT2D eigenvalue weighted by molar-refractivity contribution is 0.0272. The molecule has 0 fully saturated rings. The number of hydrogen-bond donors (Lipinski definition) is 1. The maximum absolute atomic E-state index is 13.4. The van der Waals surface area contributed by atoms with Gasteiger partial charge in [0.05, 0.1) is 38.7 Å². The van der Waals surface area contributed by atoms with Crippen molar-refractivity contribution in [2.24, 2.45) is 0 Å². The topological polar surface area (TPSA) is 39.7 Å². The standard InChI is InChI=1S/C13H19BrFNO3/c1-17-6-7-19-9-8-18-5-4-16-13-10-11(14)2-3-12(13)15/h2-3,10,16H,4-9H2,1H3. The summed E-state index contributed by atoms with van der Waals surface area (Å²) < 4.78 is 29.6. The Kier molecular flexibility index (Phi) is 8.73. The Balaban J connectivity index is 2.03. The van der Waals surface area contributed by atoms with E-state index in [0.29, 0.717) is 45.3 Å². The van der Waals surface area contributed by atoms with E-state index in [0.717, 1.165) is 4.47 Å². The maximum Gasteiger partial charge on any atom is 0.146 e. The number of hydrogen-bond acceptors (Lipinski definition) is 4. The van der Waals surface area contributed by atoms with E-state index >= 15 is 0 Å². The highest BCUT2D eigenvalue weighted by atomic mass is 79.9. The number of anilines is 1. The van der Waals surface area contributed by atoms with Gasteiger partial charge in [0.2, 0.25) is 0 Å². The molecule has 0 saturated carbocycles. The average Bonchev–Trinajstić information content (AvgIpc) is 2.40. The van der Waals surface area contributed by atoms with Crippen molar-refractivity contribution in [3.63, 3.8) is 0 Å². The summed E-state index contributed by atoms with van der Waals surface area (Å²) in [7, 11) is 1.63. The summed E-state index contributed by atoms with van der Waals surface area (Å²) in [6.07, 6.45) is 0. The van der Waals surface area contributed by atoms with E-state index in [9.17, 15) is 4.39 Å². The van der Waals surface area contributed by atoms with Gasteiger partial charge >= 0.3 is 0 Å². The Morgan fingerprint density at radius 3 is 2.53 bits per heavy atom. The van der Waals surface area contributed by atoms with Crippen LogP contribution in [-0.2, 0) is 14.2 Å². The van der Waals surface area contributed by atoms with Crippen LogP contribution >= 0.6 is 15.9 Å². The summed E-state index contributed by atoms with van der Waals surface area (Å²) in [5.41, 5.74) is 0.467. The van der Waals surface area contributed by atoms with Crippen molar-refractivity contribution in [1.29, 1.82) is 0 Å². The van der Waals surface area contributed by atoms with Crippen molar-refractivity contribution >= 4 is 21.6 Å². The van der Waals surface area contributed by atoms with Crippen LogP contribution in [0, 0.1) is 5.82 Å². The first-order chi connectivity index (χ1) is 9.24. The van der Waals surface area contributed by atoms with E-state index in [1.54, 1.807) is 19.2 Å². The molecule has 0 aliphatic carbocycles. The van der Waals surface area contributed by atoms with Crippen molar-refractivity contribution < 1.29 is 18.6 Å². The third-order valence-corrected chi connectivity index (χ3v) is 2.79. The normalized spacial score (nSPS) is 10.7. The third-order valence-electron chi connectivity index (χ3n) is 2.29. The molecule has 108 valence electrons. The zero-order valence-corrected chi connectivity index (χ0v) is 12.5. The molecule has 0 heterocycles. The van der Waals surface area contributed by atoms with Crippen molar-refractivity contribution in [3.05, 3.63) is 28.5 Å². The number of rotatable bonds is 10. The average molecular weight is 336 g/mol. The molecule has 1 rings (SSSR count). The summed E-state index contributed by atoms with van der Waals surface area (Å²) in [5.74, 6) is -0.272. The highest BCUT2D eigenvalue weighted by molar-refractivity contribution is 9.10. The molecule has 0 bridgehead atoms. The van der Waals surface area contributed by atoms with E-state index in [2.05, 4.69) is 21.2 Å². The van der Waals surface area contributed by atoms with Gasteiger partial charge in [-0.15, -0.1) is 0 Å². The number of benzene rings is 1. The van der Waals surface area contributed by atoms with Crippen LogP contribution in [0.2, 0.25) is 0 Å². The number of nitrogens with one attached hydrogen (secondary N) is 1. The van der Waals surface area contributed by atoms with Gasteiger partial charge in [-0.25, -0.2) is 4.39 Å². The van der Waals surface area contributed by atoms with Gasteiger partial charge in [0, 0.05) is 18.1 Å². The molecule has 0 radical (unpaired) electrons. The summed E-state index contributed by atoms with van der Waals surface area (Å²) >= 11 is 3.30. The largest absolute Gasteiger partial charge is 0.382 e. The highest BCUT2D eigenvalue weighted by Gasteiger charge is 2.01. The van der Waals surface area contributed by atoms with Gasteiger partial charge in [-0.05, 0) is 18.2 Å². The van der Waals surface area contributed by atoms with Crippen molar-refractivity contribution in [2.45, 2.75) is 0 Å². The van der Waals surface area contributed by atoms with E-state index < -0.39 is 0 Å². The molecule has 0 saturated heterocycles. The second-order valence-electron chi connectivity index (χ2n) is 3.77. The molecule has 1 aromatic rings. The fraction of sp³-hybridized carbons (Fsp3) is 0.538. The zero-order valence-electron chi connectivity index (χ0n) is 11.0. The highest BCUT2D eigenvalue weighted by Crippen LogP contribution is 2.19. The van der Waals surface area contributed by atoms with Gasteiger partial charge in [-0.2, -0.15) is 0 Å². The quantitative estimate of drug-likeness (QED) is 0.667. The minimum atomic E-state index is -0.272. The molecular weight excluding hydrogens is 317 g/mol. The first-order valence-corrected chi connectivity index (χ1v) is 6.86. The van der Waals surface area contributed by atoms with E-state index in [1.165, 1.54) is 6.07 Å². The van der Waals surface area contributed by atoms with Crippen LogP contribution in [0.4, 0.5) is 10.1 Å². The van der Waals surface area contributed by atoms with Crippen LogP contribution in [0.1, 0.15) is 0 Å². The SMILES string of the molecule is COCCOCCOCCNc1cc(Br)ccc1F. The summed E-state index contributed by atoms with van der Waals surface area (Å²) in [5, 5.41) is 2.97. The molecule has 0 aliphatic heterocycles. The van der Waals surface area contributed by atoms with Crippen LogP contribution in [-0.4, -0.2) is 46.7 Å². The van der Waals surface area contributed by atoms with Crippen LogP contribution < -0.4 is 5.32 Å². The molecule has 4 nitrogen and oxygen atoms in total. The Morgan fingerprint density at radius 1 is 1.11 bits per heavy atom. The molecule has 1 aromatic carbocycles. The van der Waals surface area contributed by atoms with Crippen LogP contribution in [0.15, 0.2) is 22.7 Å². The minimum absolute atomic E-state index is 0.272. The molecule has 6 heteroatoms. The molecule has 0 amide bonds. The second-order valence-corrected chi connectivity index (χ2v) is 4.68. The number of halogens is 2. The molecule has 19 heavy (non-hydrogen) atoms. The molecular formula is C13H19BrFNO3. The van der Waals surface area contributed by atoms with Gasteiger partial charge < -0.3 is 19.5 Å². The van der Waals surface area contributed by atoms with Gasteiger partial charge in [0.15, 0.2) is 0 Å². The lowest BCUT2D eigenvalue weighted by Gasteiger charge is -2.09.